The molecule has 1 aliphatic rings. The van der Waals surface area contributed by atoms with Crippen LogP contribution in [0.15, 0.2) is 67.0 Å². The van der Waals surface area contributed by atoms with E-state index in [2.05, 4.69) is 27.0 Å². The maximum absolute atomic E-state index is 12.4. The number of nitrogens with one attached hydrogen (secondary N) is 1. The average molecular weight is 363 g/mol. The van der Waals surface area contributed by atoms with Crippen molar-refractivity contribution in [2.75, 3.05) is 13.2 Å². The Kier molecular flexibility index (Phi) is 5.05. The van der Waals surface area contributed by atoms with Gasteiger partial charge in [-0.1, -0.05) is 42.5 Å². The van der Waals surface area contributed by atoms with Crippen molar-refractivity contribution in [1.82, 2.24) is 14.9 Å². The van der Waals surface area contributed by atoms with Crippen LogP contribution in [0.2, 0.25) is 0 Å². The van der Waals surface area contributed by atoms with Gasteiger partial charge >= 0.3 is 0 Å². The van der Waals surface area contributed by atoms with Gasteiger partial charge in [0, 0.05) is 31.9 Å². The summed E-state index contributed by atoms with van der Waals surface area (Å²) in [5, 5.41) is 2.92. The largest absolute Gasteiger partial charge is 0.485 e. The second kappa shape index (κ2) is 7.95. The van der Waals surface area contributed by atoms with Crippen LogP contribution in [-0.4, -0.2) is 34.7 Å². The Labute approximate surface area is 157 Å². The molecule has 6 nitrogen and oxygen atoms in total. The minimum Gasteiger partial charge on any atom is -0.485 e. The lowest BCUT2D eigenvalue weighted by atomic mass is 10.2. The summed E-state index contributed by atoms with van der Waals surface area (Å²) in [4.78, 5) is 16.8. The number of rotatable bonds is 6. The molecule has 4 rings (SSSR count). The molecule has 0 fully saturated rings. The molecule has 1 unspecified atom stereocenters. The SMILES string of the molecule is O=C(NCCc1nccn1Cc1ccccc1)C1COc2ccccc2O1. The summed E-state index contributed by atoms with van der Waals surface area (Å²) in [7, 11) is 0. The summed E-state index contributed by atoms with van der Waals surface area (Å²) in [6, 6.07) is 17.6. The van der Waals surface area contributed by atoms with Gasteiger partial charge in [-0.3, -0.25) is 4.79 Å². The molecule has 0 aliphatic carbocycles. The van der Waals surface area contributed by atoms with Crippen LogP contribution in [0.4, 0.5) is 0 Å². The highest BCUT2D eigenvalue weighted by Crippen LogP contribution is 2.30. The van der Waals surface area contributed by atoms with Gasteiger partial charge in [-0.15, -0.1) is 0 Å². The predicted octanol–water partition coefficient (Wildman–Crippen LogP) is 2.43. The van der Waals surface area contributed by atoms with E-state index in [0.29, 0.717) is 24.5 Å². The lowest BCUT2D eigenvalue weighted by Crippen LogP contribution is -2.44. The Morgan fingerprint density at radius 3 is 2.74 bits per heavy atom. The van der Waals surface area contributed by atoms with Crippen molar-refractivity contribution in [3.63, 3.8) is 0 Å². The molecule has 1 aliphatic heterocycles. The van der Waals surface area contributed by atoms with Gasteiger partial charge < -0.3 is 19.4 Å². The summed E-state index contributed by atoms with van der Waals surface area (Å²) in [6.45, 7) is 1.47. The molecule has 0 radical (unpaired) electrons. The molecule has 138 valence electrons. The standard InChI is InChI=1S/C21H21N3O3/c25-21(19-15-26-17-8-4-5-9-18(17)27-19)23-11-10-20-22-12-13-24(20)14-16-6-2-1-3-7-16/h1-9,12-13,19H,10-11,14-15H2,(H,23,25). The summed E-state index contributed by atoms with van der Waals surface area (Å²) in [5.41, 5.74) is 1.22. The Morgan fingerprint density at radius 1 is 1.11 bits per heavy atom. The fourth-order valence-electron chi connectivity index (χ4n) is 3.05. The fourth-order valence-corrected chi connectivity index (χ4v) is 3.05. The third-order valence-electron chi connectivity index (χ3n) is 4.45. The zero-order chi connectivity index (χ0) is 18.5. The Balaban J connectivity index is 1.29. The van der Waals surface area contributed by atoms with E-state index in [-0.39, 0.29) is 12.5 Å². The molecule has 0 saturated heterocycles. The number of nitrogens with zero attached hydrogens (tertiary/aromatic N) is 2. The molecular weight excluding hydrogens is 342 g/mol. The van der Waals surface area contributed by atoms with Crippen molar-refractivity contribution in [3.05, 3.63) is 78.4 Å². The van der Waals surface area contributed by atoms with Crippen LogP contribution < -0.4 is 14.8 Å². The highest BCUT2D eigenvalue weighted by Gasteiger charge is 2.26. The Hall–Kier alpha value is -3.28. The zero-order valence-corrected chi connectivity index (χ0v) is 14.9. The maximum atomic E-state index is 12.4. The highest BCUT2D eigenvalue weighted by atomic mass is 16.6. The third kappa shape index (κ3) is 4.11. The number of ether oxygens (including phenoxy) is 2. The lowest BCUT2D eigenvalue weighted by Gasteiger charge is -2.25. The number of para-hydroxylation sites is 2. The van der Waals surface area contributed by atoms with Crippen LogP contribution in [0.25, 0.3) is 0 Å². The summed E-state index contributed by atoms with van der Waals surface area (Å²) >= 11 is 0. The second-order valence-electron chi connectivity index (χ2n) is 6.36. The van der Waals surface area contributed by atoms with E-state index < -0.39 is 6.10 Å². The predicted molar refractivity (Wildman–Crippen MR) is 101 cm³/mol. The van der Waals surface area contributed by atoms with E-state index in [1.54, 1.807) is 12.3 Å². The van der Waals surface area contributed by atoms with E-state index >= 15 is 0 Å². The van der Waals surface area contributed by atoms with Gasteiger partial charge in [-0.05, 0) is 17.7 Å². The molecule has 3 aromatic rings. The van der Waals surface area contributed by atoms with Crippen molar-refractivity contribution in [3.8, 4) is 11.5 Å². The second-order valence-corrected chi connectivity index (χ2v) is 6.36. The van der Waals surface area contributed by atoms with Gasteiger partial charge in [0.05, 0.1) is 0 Å². The lowest BCUT2D eigenvalue weighted by molar-refractivity contribution is -0.130. The van der Waals surface area contributed by atoms with Gasteiger partial charge in [-0.25, -0.2) is 4.98 Å². The molecule has 1 atom stereocenters. The van der Waals surface area contributed by atoms with E-state index in [1.165, 1.54) is 5.56 Å². The van der Waals surface area contributed by atoms with Gasteiger partial charge in [0.1, 0.15) is 12.4 Å². The molecule has 2 heterocycles. The molecule has 1 N–H and O–H groups in total. The van der Waals surface area contributed by atoms with Gasteiger partial charge in [0.15, 0.2) is 11.5 Å². The van der Waals surface area contributed by atoms with Gasteiger partial charge in [-0.2, -0.15) is 0 Å². The molecular formula is C21H21N3O3. The van der Waals surface area contributed by atoms with E-state index in [1.807, 2.05) is 42.6 Å². The summed E-state index contributed by atoms with van der Waals surface area (Å²) in [5.74, 6) is 2.03. The topological polar surface area (TPSA) is 65.4 Å². The monoisotopic (exact) mass is 363 g/mol. The molecule has 0 bridgehead atoms. The number of amides is 1. The van der Waals surface area contributed by atoms with Gasteiger partial charge in [0.2, 0.25) is 6.10 Å². The first-order chi connectivity index (χ1) is 13.3. The molecule has 1 amide bonds. The average Bonchev–Trinajstić information content (AvgIpc) is 3.15. The van der Waals surface area contributed by atoms with Crippen molar-refractivity contribution >= 4 is 5.91 Å². The minimum absolute atomic E-state index is 0.175. The van der Waals surface area contributed by atoms with Crippen molar-refractivity contribution < 1.29 is 14.3 Å². The fraction of sp³-hybridized carbons (Fsp3) is 0.238. The van der Waals surface area contributed by atoms with Crippen molar-refractivity contribution in [1.29, 1.82) is 0 Å². The highest BCUT2D eigenvalue weighted by molar-refractivity contribution is 5.81. The number of imidazole rings is 1. The molecule has 0 spiro atoms. The normalized spacial score (nSPS) is 15.3. The molecule has 2 aromatic carbocycles. The first-order valence-corrected chi connectivity index (χ1v) is 9.00. The first kappa shape index (κ1) is 17.1. The Bertz CT molecular complexity index is 908. The van der Waals surface area contributed by atoms with Gasteiger partial charge in [0.25, 0.3) is 5.91 Å². The van der Waals surface area contributed by atoms with E-state index in [9.17, 15) is 4.79 Å². The summed E-state index contributed by atoms with van der Waals surface area (Å²) < 4.78 is 13.4. The van der Waals surface area contributed by atoms with Crippen LogP contribution >= 0.6 is 0 Å². The Morgan fingerprint density at radius 2 is 1.89 bits per heavy atom. The van der Waals surface area contributed by atoms with Crippen LogP contribution in [0, 0.1) is 0 Å². The molecule has 1 aromatic heterocycles. The van der Waals surface area contributed by atoms with Crippen LogP contribution in [0.3, 0.4) is 0 Å². The number of hydrogen-bond donors (Lipinski definition) is 1. The van der Waals surface area contributed by atoms with Crippen LogP contribution in [0.5, 0.6) is 11.5 Å². The maximum Gasteiger partial charge on any atom is 0.264 e. The quantitative estimate of drug-likeness (QED) is 0.731. The smallest absolute Gasteiger partial charge is 0.264 e. The van der Waals surface area contributed by atoms with Crippen molar-refractivity contribution in [2.45, 2.75) is 19.1 Å². The zero-order valence-electron chi connectivity index (χ0n) is 14.9. The van der Waals surface area contributed by atoms with E-state index in [0.717, 1.165) is 12.4 Å². The minimum atomic E-state index is -0.635. The van der Waals surface area contributed by atoms with Crippen molar-refractivity contribution in [2.24, 2.45) is 0 Å². The number of carbonyl (C=O) groups excluding carboxylic acids is 1. The van der Waals surface area contributed by atoms with E-state index in [4.69, 9.17) is 9.47 Å². The number of fused-ring (bicyclic) bond motifs is 1. The number of carbonyl (C=O) groups is 1. The number of hydrogen-bond acceptors (Lipinski definition) is 4. The van der Waals surface area contributed by atoms with Crippen LogP contribution in [-0.2, 0) is 17.8 Å². The molecule has 27 heavy (non-hydrogen) atoms. The van der Waals surface area contributed by atoms with Crippen LogP contribution in [0.1, 0.15) is 11.4 Å². The molecule has 0 saturated carbocycles. The first-order valence-electron chi connectivity index (χ1n) is 9.00. The number of aromatic nitrogens is 2. The summed E-state index contributed by atoms with van der Waals surface area (Å²) in [6.07, 6.45) is 3.76. The molecule has 6 heteroatoms. The third-order valence-corrected chi connectivity index (χ3v) is 4.45. The number of benzene rings is 2.